The fourth-order valence-electron chi connectivity index (χ4n) is 4.14. The van der Waals surface area contributed by atoms with Crippen LogP contribution in [-0.2, 0) is 37.1 Å². The molecule has 1 saturated heterocycles. The first-order chi connectivity index (χ1) is 18.2. The fraction of sp³-hybridized carbons (Fsp3) is 0.423. The van der Waals surface area contributed by atoms with Gasteiger partial charge in [-0.3, -0.25) is 14.4 Å². The van der Waals surface area contributed by atoms with Gasteiger partial charge < -0.3 is 15.3 Å². The summed E-state index contributed by atoms with van der Waals surface area (Å²) in [4.78, 5) is 37.5. The summed E-state index contributed by atoms with van der Waals surface area (Å²) in [6.07, 6.45) is -5.40. The molecular formula is C26H30F3N3O6S. The van der Waals surface area contributed by atoms with Gasteiger partial charge in [0.2, 0.25) is 21.8 Å². The number of carboxylic acids is 1. The molecule has 2 N–H and O–H groups in total. The van der Waals surface area contributed by atoms with Crippen LogP contribution < -0.4 is 5.32 Å². The summed E-state index contributed by atoms with van der Waals surface area (Å²) in [7, 11) is -4.42. The average molecular weight is 570 g/mol. The molecule has 0 spiro atoms. The predicted molar refractivity (Wildman–Crippen MR) is 135 cm³/mol. The van der Waals surface area contributed by atoms with E-state index in [4.69, 9.17) is 5.11 Å². The van der Waals surface area contributed by atoms with E-state index in [0.717, 1.165) is 27.6 Å². The van der Waals surface area contributed by atoms with Crippen LogP contribution in [0.5, 0.6) is 0 Å². The minimum atomic E-state index is -4.65. The Labute approximate surface area is 224 Å². The van der Waals surface area contributed by atoms with Crippen LogP contribution in [0.3, 0.4) is 0 Å². The number of carbonyl (C=O) groups excluding carboxylic acids is 2. The molecule has 0 saturated carbocycles. The molecule has 2 amide bonds. The number of nitrogens with one attached hydrogen (secondary N) is 1. The van der Waals surface area contributed by atoms with E-state index in [0.29, 0.717) is 18.1 Å². The Balaban J connectivity index is 1.84. The van der Waals surface area contributed by atoms with Crippen molar-refractivity contribution in [2.75, 3.05) is 19.6 Å². The Hall–Kier alpha value is -3.45. The highest BCUT2D eigenvalue weighted by Crippen LogP contribution is 2.31. The van der Waals surface area contributed by atoms with E-state index in [1.807, 2.05) is 38.1 Å². The highest BCUT2D eigenvalue weighted by Gasteiger charge is 2.41. The number of hydrogen-bond donors (Lipinski definition) is 2. The summed E-state index contributed by atoms with van der Waals surface area (Å²) in [6.45, 7) is 3.40. The highest BCUT2D eigenvalue weighted by atomic mass is 32.2. The van der Waals surface area contributed by atoms with Crippen molar-refractivity contribution in [2.45, 2.75) is 56.3 Å². The van der Waals surface area contributed by atoms with Crippen LogP contribution in [-0.4, -0.2) is 66.2 Å². The van der Waals surface area contributed by atoms with E-state index in [2.05, 4.69) is 5.32 Å². The van der Waals surface area contributed by atoms with Gasteiger partial charge in [0.1, 0.15) is 6.04 Å². The number of carboxylic acid groups (broad SMARTS) is 1. The highest BCUT2D eigenvalue weighted by molar-refractivity contribution is 7.89. The molecule has 0 bridgehead atoms. The maximum atomic E-state index is 13.4. The van der Waals surface area contributed by atoms with Crippen LogP contribution in [0.2, 0.25) is 0 Å². The van der Waals surface area contributed by atoms with Crippen LogP contribution in [0.4, 0.5) is 13.2 Å². The number of amides is 2. The Bertz CT molecular complexity index is 1300. The molecule has 1 atom stereocenters. The summed E-state index contributed by atoms with van der Waals surface area (Å²) >= 11 is 0. The van der Waals surface area contributed by atoms with Gasteiger partial charge in [-0.25, -0.2) is 8.42 Å². The van der Waals surface area contributed by atoms with Crippen molar-refractivity contribution in [3.05, 3.63) is 65.2 Å². The second-order valence-corrected chi connectivity index (χ2v) is 11.4. The third kappa shape index (κ3) is 7.57. The second kappa shape index (κ2) is 12.2. The number of piperazine rings is 1. The molecule has 1 heterocycles. The van der Waals surface area contributed by atoms with Gasteiger partial charge in [-0.2, -0.15) is 17.5 Å². The summed E-state index contributed by atoms with van der Waals surface area (Å²) in [5.74, 6) is -2.12. The largest absolute Gasteiger partial charge is 0.481 e. The van der Waals surface area contributed by atoms with Crippen molar-refractivity contribution in [2.24, 2.45) is 0 Å². The molecule has 13 heteroatoms. The third-order valence-electron chi connectivity index (χ3n) is 6.44. The average Bonchev–Trinajstić information content (AvgIpc) is 2.89. The van der Waals surface area contributed by atoms with E-state index in [9.17, 15) is 36.0 Å². The lowest BCUT2D eigenvalue weighted by Crippen LogP contribution is -2.61. The maximum absolute atomic E-state index is 13.4. The number of carbonyl (C=O) groups is 3. The van der Waals surface area contributed by atoms with Gasteiger partial charge in [0.05, 0.1) is 16.9 Å². The molecule has 0 unspecified atom stereocenters. The fourth-order valence-corrected chi connectivity index (χ4v) is 5.71. The first kappa shape index (κ1) is 30.1. The van der Waals surface area contributed by atoms with Crippen molar-refractivity contribution in [1.82, 2.24) is 14.5 Å². The lowest BCUT2D eigenvalue weighted by Gasteiger charge is -2.39. The maximum Gasteiger partial charge on any atom is 0.416 e. The van der Waals surface area contributed by atoms with Crippen LogP contribution in [0.25, 0.3) is 0 Å². The molecule has 2 aromatic carbocycles. The van der Waals surface area contributed by atoms with Crippen molar-refractivity contribution < 1.29 is 41.1 Å². The molecule has 1 fully saturated rings. The van der Waals surface area contributed by atoms with Gasteiger partial charge in [-0.1, -0.05) is 38.1 Å². The van der Waals surface area contributed by atoms with Gasteiger partial charge >= 0.3 is 12.1 Å². The molecule has 0 aromatic heterocycles. The topological polar surface area (TPSA) is 124 Å². The zero-order valence-corrected chi connectivity index (χ0v) is 22.3. The summed E-state index contributed by atoms with van der Waals surface area (Å²) < 4.78 is 66.6. The zero-order chi connectivity index (χ0) is 29.0. The number of hydrogen-bond acceptors (Lipinski definition) is 5. The molecule has 2 aromatic rings. The van der Waals surface area contributed by atoms with Crippen molar-refractivity contribution in [1.29, 1.82) is 0 Å². The Kier molecular flexibility index (Phi) is 9.38. The summed E-state index contributed by atoms with van der Waals surface area (Å²) in [5.41, 5.74) is 0.838. The molecule has 1 aliphatic rings. The number of alkyl halides is 3. The zero-order valence-electron chi connectivity index (χ0n) is 21.4. The van der Waals surface area contributed by atoms with E-state index >= 15 is 0 Å². The van der Waals surface area contributed by atoms with Gasteiger partial charge in [-0.05, 0) is 41.3 Å². The van der Waals surface area contributed by atoms with E-state index in [-0.39, 0.29) is 32.6 Å². The molecular weight excluding hydrogens is 539 g/mol. The monoisotopic (exact) mass is 569 g/mol. The SMILES string of the molecule is CC(C)c1ccc(CNC(=O)[C@H]2CN(C(=O)CCC(=O)O)CCN2S(=O)(=O)c2ccc(C(F)(F)F)cc2)cc1. The van der Waals surface area contributed by atoms with Gasteiger partial charge in [0.15, 0.2) is 0 Å². The molecule has 212 valence electrons. The molecule has 9 nitrogen and oxygen atoms in total. The minimum absolute atomic E-state index is 0.0782. The number of halogens is 3. The Morgan fingerprint density at radius 3 is 2.15 bits per heavy atom. The van der Waals surface area contributed by atoms with Crippen LogP contribution in [0, 0.1) is 0 Å². The molecule has 1 aliphatic heterocycles. The first-order valence-corrected chi connectivity index (χ1v) is 13.7. The Morgan fingerprint density at radius 1 is 1.00 bits per heavy atom. The van der Waals surface area contributed by atoms with E-state index < -0.39 is 56.9 Å². The number of rotatable bonds is 9. The smallest absolute Gasteiger partial charge is 0.416 e. The number of nitrogens with zero attached hydrogens (tertiary/aromatic N) is 2. The minimum Gasteiger partial charge on any atom is -0.481 e. The van der Waals surface area contributed by atoms with Gasteiger partial charge in [-0.15, -0.1) is 0 Å². The van der Waals surface area contributed by atoms with E-state index in [1.54, 1.807) is 0 Å². The second-order valence-electron chi connectivity index (χ2n) is 9.50. The lowest BCUT2D eigenvalue weighted by molar-refractivity contribution is -0.142. The number of aliphatic carboxylic acids is 1. The molecule has 0 aliphatic carbocycles. The normalized spacial score (nSPS) is 16.8. The van der Waals surface area contributed by atoms with Crippen LogP contribution >= 0.6 is 0 Å². The quantitative estimate of drug-likeness (QED) is 0.478. The molecule has 0 radical (unpaired) electrons. The Morgan fingerprint density at radius 2 is 1.62 bits per heavy atom. The standard InChI is InChI=1S/C26H30F3N3O6S/c1-17(2)19-5-3-18(4-6-19)15-30-25(36)22-16-31(23(33)11-12-24(34)35)13-14-32(22)39(37,38)21-9-7-20(8-10-21)26(27,28)29/h3-10,17,22H,11-16H2,1-2H3,(H,30,36)(H,34,35)/t22-/m1/s1. The predicted octanol–water partition coefficient (Wildman–Crippen LogP) is 3.21. The third-order valence-corrected chi connectivity index (χ3v) is 8.36. The van der Waals surface area contributed by atoms with Crippen LogP contribution in [0.15, 0.2) is 53.4 Å². The number of benzene rings is 2. The summed E-state index contributed by atoms with van der Waals surface area (Å²) in [5, 5.41) is 11.6. The number of sulfonamides is 1. The summed E-state index contributed by atoms with van der Waals surface area (Å²) in [6, 6.07) is 9.05. The van der Waals surface area contributed by atoms with Crippen molar-refractivity contribution in [3.63, 3.8) is 0 Å². The van der Waals surface area contributed by atoms with Crippen LogP contribution in [0.1, 0.15) is 49.3 Å². The van der Waals surface area contributed by atoms with Gasteiger partial charge in [0, 0.05) is 32.6 Å². The van der Waals surface area contributed by atoms with E-state index in [1.165, 1.54) is 4.90 Å². The van der Waals surface area contributed by atoms with Crippen molar-refractivity contribution >= 4 is 27.8 Å². The lowest BCUT2D eigenvalue weighted by atomic mass is 10.0. The molecule has 3 rings (SSSR count). The van der Waals surface area contributed by atoms with Gasteiger partial charge in [0.25, 0.3) is 0 Å². The van der Waals surface area contributed by atoms with Crippen molar-refractivity contribution in [3.8, 4) is 0 Å². The first-order valence-electron chi connectivity index (χ1n) is 12.3. The molecule has 39 heavy (non-hydrogen) atoms.